The van der Waals surface area contributed by atoms with Gasteiger partial charge in [0.15, 0.2) is 5.13 Å². The molecule has 1 saturated heterocycles. The van der Waals surface area contributed by atoms with E-state index in [1.54, 1.807) is 49.6 Å². The Hall–Kier alpha value is -3.97. The van der Waals surface area contributed by atoms with E-state index in [4.69, 9.17) is 9.72 Å². The van der Waals surface area contributed by atoms with Crippen molar-refractivity contribution in [3.63, 3.8) is 0 Å². The molecule has 6 nitrogen and oxygen atoms in total. The first kappa shape index (κ1) is 21.9. The van der Waals surface area contributed by atoms with Crippen LogP contribution in [0.15, 0.2) is 72.3 Å². The van der Waals surface area contributed by atoms with E-state index in [-0.39, 0.29) is 11.3 Å². The fourth-order valence-corrected chi connectivity index (χ4v) is 5.54. The minimum Gasteiger partial charge on any atom is -0.507 e. The van der Waals surface area contributed by atoms with Gasteiger partial charge in [-0.15, -0.1) is 0 Å². The van der Waals surface area contributed by atoms with Crippen LogP contribution in [0.2, 0.25) is 0 Å². The van der Waals surface area contributed by atoms with Crippen molar-refractivity contribution in [1.29, 1.82) is 0 Å². The van der Waals surface area contributed by atoms with Crippen LogP contribution in [-0.2, 0) is 9.59 Å². The Kier molecular flexibility index (Phi) is 5.42. The Morgan fingerprint density at radius 1 is 1.03 bits per heavy atom. The quantitative estimate of drug-likeness (QED) is 0.240. The standard InChI is InChI=1S/C27H22N2O4S/c1-15-12-16(2)22-20(13-15)34-27(28-22)29-23(18-10-7-11-19(14-18)33-3)21(25(31)26(29)32)24(30)17-8-5-4-6-9-17/h4-14,23,30H,1-3H3/b24-21+/t23-/m0/s1. The number of nitrogens with zero attached hydrogens (tertiary/aromatic N) is 2. The van der Waals surface area contributed by atoms with E-state index in [0.29, 0.717) is 22.0 Å². The second kappa shape index (κ2) is 8.43. The molecule has 3 aromatic carbocycles. The molecule has 4 aromatic rings. The summed E-state index contributed by atoms with van der Waals surface area (Å²) in [6, 6.07) is 19.1. The average molecular weight is 471 g/mol. The maximum atomic E-state index is 13.4. The van der Waals surface area contributed by atoms with Gasteiger partial charge >= 0.3 is 5.91 Å². The lowest BCUT2D eigenvalue weighted by atomic mass is 9.95. The Morgan fingerprint density at radius 3 is 2.53 bits per heavy atom. The maximum absolute atomic E-state index is 13.4. The fraction of sp³-hybridized carbons (Fsp3) is 0.148. The third kappa shape index (κ3) is 3.54. The molecule has 0 unspecified atom stereocenters. The number of Topliss-reactive ketones (excluding diaryl/α,β-unsaturated/α-hetero) is 1. The summed E-state index contributed by atoms with van der Waals surface area (Å²) in [4.78, 5) is 32.8. The van der Waals surface area contributed by atoms with Gasteiger partial charge in [-0.1, -0.05) is 59.9 Å². The van der Waals surface area contributed by atoms with Crippen molar-refractivity contribution in [2.45, 2.75) is 19.9 Å². The maximum Gasteiger partial charge on any atom is 0.301 e. The van der Waals surface area contributed by atoms with Crippen LogP contribution in [0.4, 0.5) is 5.13 Å². The van der Waals surface area contributed by atoms with Gasteiger partial charge in [-0.05, 0) is 48.7 Å². The summed E-state index contributed by atoms with van der Waals surface area (Å²) < 4.78 is 6.32. The molecule has 0 bridgehead atoms. The number of anilines is 1. The summed E-state index contributed by atoms with van der Waals surface area (Å²) in [5.41, 5.74) is 4.01. The van der Waals surface area contributed by atoms with Crippen molar-refractivity contribution in [3.8, 4) is 5.75 Å². The van der Waals surface area contributed by atoms with Crippen molar-refractivity contribution in [2.75, 3.05) is 12.0 Å². The lowest BCUT2D eigenvalue weighted by molar-refractivity contribution is -0.132. The SMILES string of the molecule is COc1cccc([C@H]2/C(=C(\O)c3ccccc3)C(=O)C(=O)N2c2nc3c(C)cc(C)cc3s2)c1. The van der Waals surface area contributed by atoms with Crippen molar-refractivity contribution < 1.29 is 19.4 Å². The van der Waals surface area contributed by atoms with Crippen LogP contribution < -0.4 is 9.64 Å². The second-order valence-corrected chi connectivity index (χ2v) is 9.25. The highest BCUT2D eigenvalue weighted by molar-refractivity contribution is 7.22. The number of amides is 1. The zero-order chi connectivity index (χ0) is 24.0. The lowest BCUT2D eigenvalue weighted by Gasteiger charge is -2.23. The number of hydrogen-bond donors (Lipinski definition) is 1. The van der Waals surface area contributed by atoms with Gasteiger partial charge < -0.3 is 9.84 Å². The van der Waals surface area contributed by atoms with Crippen molar-refractivity contribution in [2.24, 2.45) is 0 Å². The molecule has 34 heavy (non-hydrogen) atoms. The number of aromatic nitrogens is 1. The molecule has 170 valence electrons. The highest BCUT2D eigenvalue weighted by atomic mass is 32.1. The number of hydrogen-bond acceptors (Lipinski definition) is 6. The van der Waals surface area contributed by atoms with E-state index in [2.05, 4.69) is 0 Å². The van der Waals surface area contributed by atoms with Crippen molar-refractivity contribution >= 4 is 44.1 Å². The number of rotatable bonds is 4. The van der Waals surface area contributed by atoms with Crippen molar-refractivity contribution in [1.82, 2.24) is 4.98 Å². The minimum absolute atomic E-state index is 0.0246. The molecular weight excluding hydrogens is 448 g/mol. The van der Waals surface area contributed by atoms with E-state index in [0.717, 1.165) is 21.3 Å². The largest absolute Gasteiger partial charge is 0.507 e. The number of aryl methyl sites for hydroxylation is 2. The first-order chi connectivity index (χ1) is 16.4. The summed E-state index contributed by atoms with van der Waals surface area (Å²) in [6.45, 7) is 3.98. The number of aliphatic hydroxyl groups excluding tert-OH is 1. The van der Waals surface area contributed by atoms with Gasteiger partial charge in [-0.25, -0.2) is 4.98 Å². The predicted octanol–water partition coefficient (Wildman–Crippen LogP) is 5.55. The molecule has 1 atom stereocenters. The molecule has 1 N–H and O–H groups in total. The zero-order valence-electron chi connectivity index (χ0n) is 18.9. The summed E-state index contributed by atoms with van der Waals surface area (Å²) in [7, 11) is 1.55. The van der Waals surface area contributed by atoms with Crippen LogP contribution in [0.5, 0.6) is 5.75 Å². The zero-order valence-corrected chi connectivity index (χ0v) is 19.7. The van der Waals surface area contributed by atoms with Crippen LogP contribution in [0.25, 0.3) is 16.0 Å². The van der Waals surface area contributed by atoms with Crippen molar-refractivity contribution in [3.05, 3.63) is 94.6 Å². The molecule has 1 aliphatic rings. The Morgan fingerprint density at radius 2 is 1.79 bits per heavy atom. The number of ether oxygens (including phenoxy) is 1. The van der Waals surface area contributed by atoms with Gasteiger partial charge in [0, 0.05) is 5.56 Å². The number of aliphatic hydroxyl groups is 1. The number of thiazole rings is 1. The summed E-state index contributed by atoms with van der Waals surface area (Å²) >= 11 is 1.35. The number of carbonyl (C=O) groups is 2. The van der Waals surface area contributed by atoms with Crippen LogP contribution >= 0.6 is 11.3 Å². The minimum atomic E-state index is -0.850. The van der Waals surface area contributed by atoms with Crippen LogP contribution in [-0.4, -0.2) is 28.9 Å². The van der Waals surface area contributed by atoms with Gasteiger partial charge in [0.2, 0.25) is 0 Å². The normalized spacial score (nSPS) is 17.5. The molecule has 1 amide bonds. The molecule has 1 fully saturated rings. The molecule has 1 aromatic heterocycles. The van der Waals surface area contributed by atoms with Gasteiger partial charge in [-0.3, -0.25) is 14.5 Å². The third-order valence-electron chi connectivity index (χ3n) is 5.93. The average Bonchev–Trinajstić information content (AvgIpc) is 3.38. The fourth-order valence-electron chi connectivity index (χ4n) is 4.37. The van der Waals surface area contributed by atoms with Crippen LogP contribution in [0, 0.1) is 13.8 Å². The van der Waals surface area contributed by atoms with Gasteiger partial charge in [0.05, 0.1) is 28.9 Å². The molecule has 5 rings (SSSR count). The molecule has 1 aliphatic heterocycles. The number of carbonyl (C=O) groups excluding carboxylic acids is 2. The summed E-state index contributed by atoms with van der Waals surface area (Å²) in [6.07, 6.45) is 0. The van der Waals surface area contributed by atoms with E-state index < -0.39 is 17.7 Å². The molecule has 0 spiro atoms. The Bertz CT molecular complexity index is 1470. The number of fused-ring (bicyclic) bond motifs is 1. The summed E-state index contributed by atoms with van der Waals surface area (Å²) in [5.74, 6) is -1.11. The molecule has 0 radical (unpaired) electrons. The highest BCUT2D eigenvalue weighted by Crippen LogP contribution is 2.45. The van der Waals surface area contributed by atoms with E-state index in [9.17, 15) is 14.7 Å². The topological polar surface area (TPSA) is 79.7 Å². The van der Waals surface area contributed by atoms with Crippen LogP contribution in [0.3, 0.4) is 0 Å². The highest BCUT2D eigenvalue weighted by Gasteiger charge is 2.48. The number of benzene rings is 3. The van der Waals surface area contributed by atoms with E-state index in [1.165, 1.54) is 16.2 Å². The lowest BCUT2D eigenvalue weighted by Crippen LogP contribution is -2.29. The van der Waals surface area contributed by atoms with Crippen LogP contribution in [0.1, 0.15) is 28.3 Å². The number of methoxy groups -OCH3 is 1. The summed E-state index contributed by atoms with van der Waals surface area (Å²) in [5, 5.41) is 11.6. The molecule has 0 saturated carbocycles. The van der Waals surface area contributed by atoms with Gasteiger partial charge in [-0.2, -0.15) is 0 Å². The predicted molar refractivity (Wildman–Crippen MR) is 133 cm³/mol. The Balaban J connectivity index is 1.76. The Labute approximate surface area is 200 Å². The van der Waals surface area contributed by atoms with E-state index >= 15 is 0 Å². The second-order valence-electron chi connectivity index (χ2n) is 8.24. The first-order valence-corrected chi connectivity index (χ1v) is 11.6. The third-order valence-corrected chi connectivity index (χ3v) is 6.93. The van der Waals surface area contributed by atoms with Gasteiger partial charge in [0.1, 0.15) is 11.5 Å². The smallest absolute Gasteiger partial charge is 0.301 e. The number of ketones is 1. The van der Waals surface area contributed by atoms with E-state index in [1.807, 2.05) is 38.1 Å². The molecule has 2 heterocycles. The molecule has 7 heteroatoms. The monoisotopic (exact) mass is 470 g/mol. The molecular formula is C27H22N2O4S. The first-order valence-electron chi connectivity index (χ1n) is 10.8. The van der Waals surface area contributed by atoms with Gasteiger partial charge in [0.25, 0.3) is 5.78 Å². The molecule has 0 aliphatic carbocycles.